The lowest BCUT2D eigenvalue weighted by Crippen LogP contribution is -2.37. The van der Waals surface area contributed by atoms with Crippen LogP contribution in [0.2, 0.25) is 4.34 Å². The highest BCUT2D eigenvalue weighted by molar-refractivity contribution is 14.0. The Morgan fingerprint density at radius 1 is 1.26 bits per heavy atom. The molecule has 0 saturated carbocycles. The summed E-state index contributed by atoms with van der Waals surface area (Å²) in [6.45, 7) is -1.98. The summed E-state index contributed by atoms with van der Waals surface area (Å²) in [6.07, 6.45) is 0.803. The zero-order valence-electron chi connectivity index (χ0n) is 14.8. The van der Waals surface area contributed by atoms with Crippen LogP contribution < -0.4 is 20.1 Å². The molecule has 1 aromatic carbocycles. The molecule has 0 aliphatic heterocycles. The van der Waals surface area contributed by atoms with Crippen LogP contribution in [0.3, 0.4) is 0 Å². The number of rotatable bonds is 8. The lowest BCUT2D eigenvalue weighted by Gasteiger charge is -2.15. The lowest BCUT2D eigenvalue weighted by atomic mass is 10.2. The Kier molecular flexibility index (Phi) is 10.7. The summed E-state index contributed by atoms with van der Waals surface area (Å²) in [4.78, 5) is 5.29. The number of guanidine groups is 1. The molecule has 2 rings (SSSR count). The molecule has 0 atom stereocenters. The Balaban J connectivity index is 0.00000364. The number of halogens is 4. The number of ether oxygens (including phenoxy) is 2. The number of hydrogen-bond donors (Lipinski definition) is 2. The molecule has 0 radical (unpaired) electrons. The molecule has 0 aliphatic carbocycles. The minimum Gasteiger partial charge on any atom is -0.497 e. The summed E-state index contributed by atoms with van der Waals surface area (Å²) < 4.78 is 35.6. The van der Waals surface area contributed by atoms with E-state index in [0.717, 1.165) is 10.8 Å². The van der Waals surface area contributed by atoms with Gasteiger partial charge in [-0.2, -0.15) is 8.78 Å². The smallest absolute Gasteiger partial charge is 0.387 e. The van der Waals surface area contributed by atoms with Crippen LogP contribution in [-0.2, 0) is 13.0 Å². The number of hydrogen-bond acceptors (Lipinski definition) is 4. The first-order valence-corrected chi connectivity index (χ1v) is 9.01. The molecule has 0 spiro atoms. The van der Waals surface area contributed by atoms with Crippen molar-refractivity contribution < 1.29 is 18.3 Å². The van der Waals surface area contributed by atoms with Gasteiger partial charge in [0.05, 0.1) is 11.4 Å². The van der Waals surface area contributed by atoms with Gasteiger partial charge in [0.1, 0.15) is 11.5 Å². The summed E-state index contributed by atoms with van der Waals surface area (Å²) in [6, 6.07) is 8.52. The van der Waals surface area contributed by atoms with Crippen LogP contribution >= 0.6 is 46.9 Å². The van der Waals surface area contributed by atoms with Gasteiger partial charge in [0.2, 0.25) is 0 Å². The van der Waals surface area contributed by atoms with Gasteiger partial charge in [0.15, 0.2) is 5.96 Å². The van der Waals surface area contributed by atoms with Crippen LogP contribution in [0.4, 0.5) is 8.78 Å². The number of alkyl halides is 2. The number of thiophene rings is 1. The maximum atomic E-state index is 12.6. The average molecular weight is 532 g/mol. The molecule has 1 heterocycles. The number of nitrogens with zero attached hydrogens (tertiary/aromatic N) is 1. The summed E-state index contributed by atoms with van der Waals surface area (Å²) in [5.74, 6) is 1.20. The highest BCUT2D eigenvalue weighted by Gasteiger charge is 2.11. The van der Waals surface area contributed by atoms with E-state index in [2.05, 4.69) is 20.4 Å². The van der Waals surface area contributed by atoms with Crippen molar-refractivity contribution >= 4 is 52.9 Å². The minimum atomic E-state index is -2.89. The van der Waals surface area contributed by atoms with Crippen molar-refractivity contribution in [3.8, 4) is 11.5 Å². The van der Waals surface area contributed by atoms with E-state index in [1.165, 1.54) is 29.4 Å². The number of methoxy groups -OCH3 is 1. The number of aliphatic imine (C=N–C) groups is 1. The van der Waals surface area contributed by atoms with Crippen LogP contribution in [0.1, 0.15) is 10.4 Å². The normalized spacial score (nSPS) is 11.1. The van der Waals surface area contributed by atoms with Gasteiger partial charge in [0.25, 0.3) is 0 Å². The maximum Gasteiger partial charge on any atom is 0.387 e. The summed E-state index contributed by atoms with van der Waals surface area (Å²) in [5.41, 5.74) is 0.539. The molecule has 5 nitrogen and oxygen atoms in total. The first-order valence-electron chi connectivity index (χ1n) is 7.82. The Hall–Kier alpha value is -1.33. The second kappa shape index (κ2) is 12.2. The van der Waals surface area contributed by atoms with Crippen molar-refractivity contribution in [1.29, 1.82) is 0 Å². The quantitative estimate of drug-likeness (QED) is 0.298. The Labute approximate surface area is 183 Å². The molecular weight excluding hydrogens is 511 g/mol. The second-order valence-corrected chi connectivity index (χ2v) is 6.96. The lowest BCUT2D eigenvalue weighted by molar-refractivity contribution is -0.0504. The summed E-state index contributed by atoms with van der Waals surface area (Å²) in [7, 11) is 3.15. The van der Waals surface area contributed by atoms with Crippen molar-refractivity contribution in [3.05, 3.63) is 45.1 Å². The molecule has 0 bridgehead atoms. The van der Waals surface area contributed by atoms with E-state index in [1.807, 2.05) is 12.1 Å². The van der Waals surface area contributed by atoms with Crippen LogP contribution in [0.5, 0.6) is 11.5 Å². The zero-order chi connectivity index (χ0) is 18.9. The largest absolute Gasteiger partial charge is 0.497 e. The predicted molar refractivity (Wildman–Crippen MR) is 116 cm³/mol. The summed E-state index contributed by atoms with van der Waals surface area (Å²) >= 11 is 7.44. The van der Waals surface area contributed by atoms with Gasteiger partial charge < -0.3 is 20.1 Å². The number of benzene rings is 1. The molecule has 0 saturated heterocycles. The van der Waals surface area contributed by atoms with E-state index >= 15 is 0 Å². The molecule has 150 valence electrons. The Morgan fingerprint density at radius 3 is 2.63 bits per heavy atom. The molecule has 0 unspecified atom stereocenters. The van der Waals surface area contributed by atoms with Gasteiger partial charge in [-0.15, -0.1) is 35.3 Å². The second-order valence-electron chi connectivity index (χ2n) is 5.16. The third-order valence-electron chi connectivity index (χ3n) is 3.45. The van der Waals surface area contributed by atoms with Gasteiger partial charge in [-0.1, -0.05) is 11.6 Å². The van der Waals surface area contributed by atoms with E-state index in [1.54, 1.807) is 19.2 Å². The Bertz CT molecular complexity index is 747. The average Bonchev–Trinajstić information content (AvgIpc) is 3.03. The van der Waals surface area contributed by atoms with Gasteiger partial charge in [0, 0.05) is 30.6 Å². The predicted octanol–water partition coefficient (Wildman–Crippen LogP) is 4.54. The molecule has 0 amide bonds. The van der Waals surface area contributed by atoms with Gasteiger partial charge in [-0.3, -0.25) is 4.99 Å². The van der Waals surface area contributed by atoms with Crippen LogP contribution in [0.25, 0.3) is 0 Å². The molecule has 1 aromatic heterocycles. The first-order chi connectivity index (χ1) is 12.5. The van der Waals surface area contributed by atoms with E-state index in [0.29, 0.717) is 23.8 Å². The molecule has 2 N–H and O–H groups in total. The van der Waals surface area contributed by atoms with Crippen LogP contribution in [-0.4, -0.2) is 33.3 Å². The van der Waals surface area contributed by atoms with Crippen molar-refractivity contribution in [1.82, 2.24) is 10.6 Å². The molecule has 10 heteroatoms. The molecule has 2 aromatic rings. The van der Waals surface area contributed by atoms with Gasteiger partial charge in [-0.05, 0) is 36.8 Å². The zero-order valence-corrected chi connectivity index (χ0v) is 18.7. The fourth-order valence-corrected chi connectivity index (χ4v) is 3.31. The highest BCUT2D eigenvalue weighted by Crippen LogP contribution is 2.25. The standard InChI is InChI=1S/C17H20ClF2N3O2S.HI/c1-21-17(22-8-7-13-4-6-15(18)26-13)23-10-11-9-12(24-2)3-5-14(11)25-16(19)20;/h3-6,9,16H,7-8,10H2,1-2H3,(H2,21,22,23);1H. The van der Waals surface area contributed by atoms with Crippen molar-refractivity contribution in [3.63, 3.8) is 0 Å². The summed E-state index contributed by atoms with van der Waals surface area (Å²) in [5, 5.41) is 6.25. The van der Waals surface area contributed by atoms with E-state index in [-0.39, 0.29) is 36.3 Å². The van der Waals surface area contributed by atoms with Crippen molar-refractivity contribution in [2.24, 2.45) is 4.99 Å². The fourth-order valence-electron chi connectivity index (χ4n) is 2.22. The number of nitrogens with one attached hydrogen (secondary N) is 2. The van der Waals surface area contributed by atoms with Crippen LogP contribution in [0.15, 0.2) is 35.3 Å². The first kappa shape index (κ1) is 23.7. The van der Waals surface area contributed by atoms with Crippen molar-refractivity contribution in [2.75, 3.05) is 20.7 Å². The highest BCUT2D eigenvalue weighted by atomic mass is 127. The van der Waals surface area contributed by atoms with Gasteiger partial charge in [-0.25, -0.2) is 0 Å². The third-order valence-corrected chi connectivity index (χ3v) is 4.74. The molecule has 0 aliphatic rings. The molecular formula is C17H21ClF2IN3O2S. The minimum absolute atomic E-state index is 0. The van der Waals surface area contributed by atoms with Crippen molar-refractivity contribution in [2.45, 2.75) is 19.6 Å². The fraction of sp³-hybridized carbons (Fsp3) is 0.353. The van der Waals surface area contributed by atoms with E-state index in [4.69, 9.17) is 16.3 Å². The van der Waals surface area contributed by atoms with Crippen LogP contribution in [0, 0.1) is 0 Å². The Morgan fingerprint density at radius 2 is 2.04 bits per heavy atom. The molecule has 0 fully saturated rings. The SMILES string of the molecule is CN=C(NCCc1ccc(Cl)s1)NCc1cc(OC)ccc1OC(F)F.I. The van der Waals surface area contributed by atoms with Gasteiger partial charge >= 0.3 is 6.61 Å². The monoisotopic (exact) mass is 531 g/mol. The third kappa shape index (κ3) is 8.06. The topological polar surface area (TPSA) is 54.9 Å². The van der Waals surface area contributed by atoms with E-state index < -0.39 is 6.61 Å². The van der Waals surface area contributed by atoms with E-state index in [9.17, 15) is 8.78 Å². The molecule has 27 heavy (non-hydrogen) atoms. The maximum absolute atomic E-state index is 12.6.